The molecule has 0 aromatic heterocycles. The second-order valence-electron chi connectivity index (χ2n) is 8.74. The number of rotatable bonds is 5. The topological polar surface area (TPSA) is 95.5 Å². The van der Waals surface area contributed by atoms with Gasteiger partial charge in [0.05, 0.1) is 11.5 Å². The van der Waals surface area contributed by atoms with Gasteiger partial charge in [0.25, 0.3) is 0 Å². The number of carbonyl (C=O) groups is 3. The van der Waals surface area contributed by atoms with Crippen molar-refractivity contribution in [2.24, 2.45) is 11.8 Å². The molecular weight excluding hydrogens is 435 g/mol. The predicted octanol–water partition coefficient (Wildman–Crippen LogP) is 4.14. The highest BCUT2D eigenvalue weighted by Gasteiger charge is 2.55. The number of para-hydroxylation sites is 2. The van der Waals surface area contributed by atoms with Crippen LogP contribution in [0.5, 0.6) is 0 Å². The summed E-state index contributed by atoms with van der Waals surface area (Å²) in [5.41, 5.74) is -0.293. The Labute approximate surface area is 196 Å². The number of nitrogens with one attached hydrogen (secondary N) is 2. The van der Waals surface area contributed by atoms with Crippen LogP contribution in [-0.2, 0) is 14.4 Å². The summed E-state index contributed by atoms with van der Waals surface area (Å²) in [6.07, 6.45) is -0.371. The Bertz CT molecular complexity index is 1180. The molecule has 0 aliphatic heterocycles. The molecule has 4 atom stereocenters. The molecule has 34 heavy (non-hydrogen) atoms. The van der Waals surface area contributed by atoms with Crippen molar-refractivity contribution in [3.05, 3.63) is 96.3 Å². The monoisotopic (exact) mass is 460 g/mol. The molecule has 3 N–H and O–H groups in total. The van der Waals surface area contributed by atoms with Crippen molar-refractivity contribution >= 4 is 29.0 Å². The van der Waals surface area contributed by atoms with Gasteiger partial charge in [-0.05, 0) is 48.9 Å². The van der Waals surface area contributed by atoms with Gasteiger partial charge in [0.2, 0.25) is 11.8 Å². The van der Waals surface area contributed by atoms with Crippen LogP contribution in [0.3, 0.4) is 0 Å². The number of benzene rings is 3. The van der Waals surface area contributed by atoms with Crippen LogP contribution in [0.4, 0.5) is 15.8 Å². The number of ketones is 1. The van der Waals surface area contributed by atoms with Crippen LogP contribution in [0.2, 0.25) is 0 Å². The second-order valence-corrected chi connectivity index (χ2v) is 8.74. The van der Waals surface area contributed by atoms with Gasteiger partial charge in [-0.2, -0.15) is 0 Å². The summed E-state index contributed by atoms with van der Waals surface area (Å²) >= 11 is 0. The summed E-state index contributed by atoms with van der Waals surface area (Å²) in [5.74, 6) is -5.51. The van der Waals surface area contributed by atoms with Crippen molar-refractivity contribution in [3.63, 3.8) is 0 Å². The summed E-state index contributed by atoms with van der Waals surface area (Å²) in [6, 6.07) is 22.7. The lowest BCUT2D eigenvalue weighted by molar-refractivity contribution is -0.150. The first-order valence-electron chi connectivity index (χ1n) is 11.0. The van der Waals surface area contributed by atoms with E-state index in [1.165, 1.54) is 31.2 Å². The summed E-state index contributed by atoms with van der Waals surface area (Å²) in [7, 11) is 0. The highest BCUT2D eigenvalue weighted by molar-refractivity contribution is 6.10. The fourth-order valence-corrected chi connectivity index (χ4v) is 4.66. The summed E-state index contributed by atoms with van der Waals surface area (Å²) in [5, 5.41) is 16.8. The van der Waals surface area contributed by atoms with Crippen LogP contribution in [-0.4, -0.2) is 28.3 Å². The average molecular weight is 461 g/mol. The van der Waals surface area contributed by atoms with Crippen molar-refractivity contribution in [2.75, 3.05) is 10.6 Å². The van der Waals surface area contributed by atoms with E-state index in [4.69, 9.17) is 0 Å². The van der Waals surface area contributed by atoms with E-state index in [-0.39, 0.29) is 6.42 Å². The molecule has 1 aliphatic rings. The molecule has 1 aliphatic carbocycles. The number of carbonyl (C=O) groups excluding carboxylic acids is 3. The third kappa shape index (κ3) is 4.89. The Morgan fingerprint density at radius 2 is 1.35 bits per heavy atom. The Hall–Kier alpha value is -3.84. The maximum absolute atomic E-state index is 13.7. The van der Waals surface area contributed by atoms with Gasteiger partial charge in [-0.3, -0.25) is 14.4 Å². The molecule has 0 bridgehead atoms. The number of anilines is 2. The SMILES string of the molecule is C[C@@]1(O)CC(=O)[C@H](C(=O)Nc2ccccc2)[C@H](c2ccc(F)cc2)[C@@H]1C(=O)Nc1ccccc1. The van der Waals surface area contributed by atoms with E-state index in [2.05, 4.69) is 10.6 Å². The maximum Gasteiger partial charge on any atom is 0.235 e. The second kappa shape index (κ2) is 9.57. The molecule has 0 radical (unpaired) electrons. The quantitative estimate of drug-likeness (QED) is 0.499. The normalized spacial score (nSPS) is 24.3. The number of hydrogen-bond acceptors (Lipinski definition) is 4. The zero-order chi connectivity index (χ0) is 24.3. The van der Waals surface area contributed by atoms with E-state index >= 15 is 0 Å². The number of hydrogen-bond donors (Lipinski definition) is 3. The minimum Gasteiger partial charge on any atom is -0.389 e. The zero-order valence-electron chi connectivity index (χ0n) is 18.6. The van der Waals surface area contributed by atoms with Crippen molar-refractivity contribution in [3.8, 4) is 0 Å². The molecular formula is C27H25FN2O4. The standard InChI is InChI=1S/C27H25FN2O4/c1-27(34)16-21(31)23(25(32)29-19-8-4-2-5-9-19)22(17-12-14-18(28)15-13-17)24(27)26(33)30-20-10-6-3-7-11-20/h2-15,22-24,34H,16H2,1H3,(H,29,32)(H,30,33)/t22-,23-,24+,27+/m0/s1. The van der Waals surface area contributed by atoms with Gasteiger partial charge in [0.15, 0.2) is 0 Å². The Balaban J connectivity index is 1.76. The van der Waals surface area contributed by atoms with Crippen molar-refractivity contribution in [1.29, 1.82) is 0 Å². The molecule has 174 valence electrons. The van der Waals surface area contributed by atoms with E-state index in [9.17, 15) is 23.9 Å². The van der Waals surface area contributed by atoms with Crippen LogP contribution in [0, 0.1) is 17.7 Å². The first-order chi connectivity index (χ1) is 16.3. The Morgan fingerprint density at radius 1 is 0.853 bits per heavy atom. The summed E-state index contributed by atoms with van der Waals surface area (Å²) in [4.78, 5) is 40.0. The minimum atomic E-state index is -1.72. The lowest BCUT2D eigenvalue weighted by Crippen LogP contribution is -2.56. The smallest absolute Gasteiger partial charge is 0.235 e. The molecule has 3 aromatic rings. The first kappa shape index (κ1) is 23.3. The molecule has 0 saturated heterocycles. The van der Waals surface area contributed by atoms with Gasteiger partial charge in [0.1, 0.15) is 17.5 Å². The van der Waals surface area contributed by atoms with E-state index < -0.39 is 46.8 Å². The minimum absolute atomic E-state index is 0.371. The van der Waals surface area contributed by atoms with E-state index in [0.717, 1.165) is 0 Å². The van der Waals surface area contributed by atoms with Crippen molar-refractivity contribution < 1.29 is 23.9 Å². The lowest BCUT2D eigenvalue weighted by atomic mass is 9.61. The van der Waals surface area contributed by atoms with Crippen LogP contribution in [0.1, 0.15) is 24.8 Å². The molecule has 0 unspecified atom stereocenters. The van der Waals surface area contributed by atoms with E-state index in [1.54, 1.807) is 60.7 Å². The Kier molecular flexibility index (Phi) is 6.56. The lowest BCUT2D eigenvalue weighted by Gasteiger charge is -2.44. The third-order valence-corrected chi connectivity index (χ3v) is 6.17. The first-order valence-corrected chi connectivity index (χ1v) is 11.0. The van der Waals surface area contributed by atoms with Crippen LogP contribution in [0.15, 0.2) is 84.9 Å². The molecule has 1 saturated carbocycles. The molecule has 0 spiro atoms. The number of halogens is 1. The molecule has 1 fully saturated rings. The van der Waals surface area contributed by atoms with Gasteiger partial charge >= 0.3 is 0 Å². The van der Waals surface area contributed by atoms with Gasteiger partial charge < -0.3 is 15.7 Å². The fraction of sp³-hybridized carbons (Fsp3) is 0.222. The third-order valence-electron chi connectivity index (χ3n) is 6.17. The highest BCUT2D eigenvalue weighted by atomic mass is 19.1. The van der Waals surface area contributed by atoms with Gasteiger partial charge in [-0.1, -0.05) is 48.5 Å². The van der Waals surface area contributed by atoms with Gasteiger partial charge in [-0.25, -0.2) is 4.39 Å². The molecule has 7 heteroatoms. The molecule has 3 aromatic carbocycles. The Morgan fingerprint density at radius 3 is 1.88 bits per heavy atom. The van der Waals surface area contributed by atoms with Crippen molar-refractivity contribution in [2.45, 2.75) is 24.9 Å². The van der Waals surface area contributed by atoms with E-state index in [1.807, 2.05) is 0 Å². The maximum atomic E-state index is 13.7. The van der Waals surface area contributed by atoms with Crippen LogP contribution in [0.25, 0.3) is 0 Å². The highest BCUT2D eigenvalue weighted by Crippen LogP contribution is 2.46. The van der Waals surface area contributed by atoms with Crippen LogP contribution < -0.4 is 10.6 Å². The van der Waals surface area contributed by atoms with Gasteiger partial charge in [-0.15, -0.1) is 0 Å². The predicted molar refractivity (Wildman–Crippen MR) is 127 cm³/mol. The molecule has 6 nitrogen and oxygen atoms in total. The van der Waals surface area contributed by atoms with Crippen molar-refractivity contribution in [1.82, 2.24) is 0 Å². The molecule has 0 heterocycles. The van der Waals surface area contributed by atoms with Crippen LogP contribution >= 0.6 is 0 Å². The molecule has 2 amide bonds. The van der Waals surface area contributed by atoms with Gasteiger partial charge in [0, 0.05) is 23.7 Å². The zero-order valence-corrected chi connectivity index (χ0v) is 18.6. The largest absolute Gasteiger partial charge is 0.389 e. The number of amides is 2. The number of Topliss-reactive ketones (excluding diaryl/α,β-unsaturated/α-hetero) is 1. The average Bonchev–Trinajstić information content (AvgIpc) is 2.79. The molecule has 4 rings (SSSR count). The number of aliphatic hydroxyl groups is 1. The fourth-order valence-electron chi connectivity index (χ4n) is 4.66. The summed E-state index contributed by atoms with van der Waals surface area (Å²) in [6.45, 7) is 1.42. The van der Waals surface area contributed by atoms with E-state index in [0.29, 0.717) is 16.9 Å². The summed E-state index contributed by atoms with van der Waals surface area (Å²) < 4.78 is 13.7.